The standard InChI is InChI=1S/C38H47N9O7/c1-46-30(8-4-16-42-38(40)41)34(51)45-28(20-23-10-13-24-6-2-3-7-25(24)18-23)37(54)47-17-5-9-31(47)35(52)43-27(19-22-11-14-26(48)15-12-22)33(50)44-29(36(46)53)21-32(39)49/h2-3,6-7,10-15,18,27-31,48H,4-5,8-9,16-17,19-21H2,1H3,(H2,39,49)(H,43,52)(H,44,50)(H,45,51)(H4,40,41,42)/t27-,28+,29+,30+,31+/m1/s1. The van der Waals surface area contributed by atoms with Gasteiger partial charge in [-0.1, -0.05) is 54.6 Å². The summed E-state index contributed by atoms with van der Waals surface area (Å²) in [5.41, 5.74) is 17.9. The van der Waals surface area contributed by atoms with E-state index in [1.165, 1.54) is 24.1 Å². The molecule has 16 heteroatoms. The van der Waals surface area contributed by atoms with Crippen molar-refractivity contribution in [1.82, 2.24) is 25.8 Å². The minimum Gasteiger partial charge on any atom is -0.508 e. The molecule has 0 aliphatic carbocycles. The zero-order chi connectivity index (χ0) is 38.9. The molecule has 54 heavy (non-hydrogen) atoms. The monoisotopic (exact) mass is 741 g/mol. The number of fused-ring (bicyclic) bond motifs is 2. The van der Waals surface area contributed by atoms with Gasteiger partial charge in [0.05, 0.1) is 6.42 Å². The summed E-state index contributed by atoms with van der Waals surface area (Å²) in [6.07, 6.45) is 0.536. The highest BCUT2D eigenvalue weighted by Crippen LogP contribution is 2.23. The van der Waals surface area contributed by atoms with E-state index in [1.807, 2.05) is 42.5 Å². The number of rotatable bonds is 10. The molecule has 3 aromatic rings. The molecule has 6 amide bonds. The van der Waals surface area contributed by atoms with Crippen molar-refractivity contribution in [2.75, 3.05) is 20.1 Å². The van der Waals surface area contributed by atoms with Crippen LogP contribution in [0.25, 0.3) is 10.8 Å². The molecule has 5 atom stereocenters. The van der Waals surface area contributed by atoms with Gasteiger partial charge in [-0.2, -0.15) is 0 Å². The molecule has 2 fully saturated rings. The van der Waals surface area contributed by atoms with Crippen LogP contribution in [0.4, 0.5) is 0 Å². The van der Waals surface area contributed by atoms with Crippen molar-refractivity contribution in [2.45, 2.75) is 75.2 Å². The predicted octanol–water partition coefficient (Wildman–Crippen LogP) is -0.454. The molecule has 286 valence electrons. The molecule has 0 unspecified atom stereocenters. The second kappa shape index (κ2) is 17.6. The number of nitrogens with zero attached hydrogens (tertiary/aromatic N) is 3. The van der Waals surface area contributed by atoms with Crippen molar-refractivity contribution in [3.05, 3.63) is 77.9 Å². The molecule has 16 nitrogen and oxygen atoms in total. The first-order valence-electron chi connectivity index (χ1n) is 17.9. The van der Waals surface area contributed by atoms with Gasteiger partial charge in [0.25, 0.3) is 0 Å². The number of hydrogen-bond acceptors (Lipinski definition) is 8. The van der Waals surface area contributed by atoms with Gasteiger partial charge in [0.2, 0.25) is 35.4 Å². The highest BCUT2D eigenvalue weighted by molar-refractivity contribution is 5.99. The third kappa shape index (κ3) is 9.81. The summed E-state index contributed by atoms with van der Waals surface area (Å²) >= 11 is 0. The van der Waals surface area contributed by atoms with E-state index >= 15 is 0 Å². The summed E-state index contributed by atoms with van der Waals surface area (Å²) < 4.78 is 0. The summed E-state index contributed by atoms with van der Waals surface area (Å²) in [6, 6.07) is 13.4. The van der Waals surface area contributed by atoms with Crippen LogP contribution in [0, 0.1) is 0 Å². The zero-order valence-electron chi connectivity index (χ0n) is 30.1. The summed E-state index contributed by atoms with van der Waals surface area (Å²) in [5, 5.41) is 20.0. The molecule has 5 rings (SSSR count). The summed E-state index contributed by atoms with van der Waals surface area (Å²) in [5.74, 6) is -4.40. The normalized spacial score (nSPS) is 22.8. The van der Waals surface area contributed by atoms with Gasteiger partial charge in [-0.25, -0.2) is 0 Å². The minimum atomic E-state index is -1.50. The molecule has 0 radical (unpaired) electrons. The highest BCUT2D eigenvalue weighted by Gasteiger charge is 2.41. The first-order valence-corrected chi connectivity index (χ1v) is 17.9. The van der Waals surface area contributed by atoms with Gasteiger partial charge in [-0.05, 0) is 59.7 Å². The van der Waals surface area contributed by atoms with Crippen LogP contribution in [0.3, 0.4) is 0 Å². The number of aliphatic imine (C=N–C) groups is 1. The van der Waals surface area contributed by atoms with E-state index in [9.17, 15) is 33.9 Å². The average Bonchev–Trinajstić information content (AvgIpc) is 3.63. The van der Waals surface area contributed by atoms with E-state index in [-0.39, 0.29) is 50.5 Å². The fourth-order valence-corrected chi connectivity index (χ4v) is 6.98. The Hall–Kier alpha value is -6.19. The lowest BCUT2D eigenvalue weighted by Crippen LogP contribution is -2.59. The highest BCUT2D eigenvalue weighted by atomic mass is 16.3. The maximum atomic E-state index is 14.5. The number of primary amides is 1. The maximum Gasteiger partial charge on any atom is 0.246 e. The van der Waals surface area contributed by atoms with Crippen LogP contribution in [0.2, 0.25) is 0 Å². The number of amides is 6. The molecule has 2 heterocycles. The van der Waals surface area contributed by atoms with Crippen molar-refractivity contribution >= 4 is 52.2 Å². The average molecular weight is 742 g/mol. The topological polar surface area (TPSA) is 256 Å². The molecule has 2 aliphatic rings. The summed E-state index contributed by atoms with van der Waals surface area (Å²) in [4.78, 5) is 89.6. The Balaban J connectivity index is 1.56. The number of aromatic hydroxyl groups is 1. The van der Waals surface area contributed by atoms with Gasteiger partial charge in [0.15, 0.2) is 5.96 Å². The molecule has 2 saturated heterocycles. The Morgan fingerprint density at radius 2 is 1.44 bits per heavy atom. The Kier molecular flexibility index (Phi) is 12.7. The quantitative estimate of drug-likeness (QED) is 0.0806. The van der Waals surface area contributed by atoms with Crippen LogP contribution in [0.1, 0.15) is 43.2 Å². The first kappa shape index (κ1) is 39.0. The largest absolute Gasteiger partial charge is 0.508 e. The Bertz CT molecular complexity index is 1910. The van der Waals surface area contributed by atoms with Crippen LogP contribution in [0.15, 0.2) is 71.7 Å². The smallest absolute Gasteiger partial charge is 0.246 e. The minimum absolute atomic E-state index is 0.00109. The lowest BCUT2D eigenvalue weighted by atomic mass is 9.99. The lowest BCUT2D eigenvalue weighted by Gasteiger charge is -2.33. The van der Waals surface area contributed by atoms with Crippen molar-refractivity contribution in [1.29, 1.82) is 0 Å². The second-order valence-corrected chi connectivity index (χ2v) is 13.7. The number of phenols is 1. The maximum absolute atomic E-state index is 14.5. The molecule has 2 aliphatic heterocycles. The number of hydrogen-bond donors (Lipinski definition) is 7. The van der Waals surface area contributed by atoms with Crippen molar-refractivity contribution in [2.24, 2.45) is 22.2 Å². The van der Waals surface area contributed by atoms with Crippen molar-refractivity contribution in [3.8, 4) is 5.75 Å². The third-order valence-corrected chi connectivity index (χ3v) is 9.78. The van der Waals surface area contributed by atoms with Crippen LogP contribution < -0.4 is 33.2 Å². The van der Waals surface area contributed by atoms with Crippen LogP contribution in [-0.4, -0.2) is 107 Å². The molecular formula is C38H47N9O7. The number of guanidine groups is 1. The van der Waals surface area contributed by atoms with Crippen LogP contribution in [-0.2, 0) is 41.6 Å². The van der Waals surface area contributed by atoms with Crippen molar-refractivity contribution < 1.29 is 33.9 Å². The zero-order valence-corrected chi connectivity index (χ0v) is 30.1. The number of phenolic OH excluding ortho intramolecular Hbond substituents is 1. The van der Waals surface area contributed by atoms with Gasteiger partial charge in [0.1, 0.15) is 36.0 Å². The van der Waals surface area contributed by atoms with Crippen LogP contribution >= 0.6 is 0 Å². The second-order valence-electron chi connectivity index (χ2n) is 13.7. The van der Waals surface area contributed by atoms with Gasteiger partial charge in [0, 0.05) is 33.0 Å². The number of nitrogens with one attached hydrogen (secondary N) is 3. The van der Waals surface area contributed by atoms with Crippen LogP contribution in [0.5, 0.6) is 5.75 Å². The Morgan fingerprint density at radius 1 is 0.796 bits per heavy atom. The van der Waals surface area contributed by atoms with E-state index in [2.05, 4.69) is 20.9 Å². The molecule has 3 aromatic carbocycles. The number of nitrogens with two attached hydrogens (primary N) is 3. The Morgan fingerprint density at radius 3 is 2.15 bits per heavy atom. The predicted molar refractivity (Wildman–Crippen MR) is 200 cm³/mol. The molecule has 0 saturated carbocycles. The first-order chi connectivity index (χ1) is 25.8. The lowest BCUT2D eigenvalue weighted by molar-refractivity contribution is -0.144. The fourth-order valence-electron chi connectivity index (χ4n) is 6.98. The van der Waals surface area contributed by atoms with Crippen molar-refractivity contribution in [3.63, 3.8) is 0 Å². The molecule has 0 bridgehead atoms. The third-order valence-electron chi connectivity index (χ3n) is 9.78. The number of carbonyl (C=O) groups is 6. The fraction of sp³-hybridized carbons (Fsp3) is 0.395. The van der Waals surface area contributed by atoms with E-state index in [1.54, 1.807) is 12.1 Å². The summed E-state index contributed by atoms with van der Waals surface area (Å²) in [6.45, 7) is 0.369. The number of carbonyl (C=O) groups excluding carboxylic acids is 6. The van der Waals surface area contributed by atoms with Gasteiger partial charge >= 0.3 is 0 Å². The molecular weight excluding hydrogens is 694 g/mol. The van der Waals surface area contributed by atoms with E-state index in [0.717, 1.165) is 21.2 Å². The summed E-state index contributed by atoms with van der Waals surface area (Å²) in [7, 11) is 1.36. The number of benzene rings is 3. The number of likely N-dealkylation sites (N-methyl/N-ethyl adjacent to an activating group) is 1. The van der Waals surface area contributed by atoms with E-state index in [0.29, 0.717) is 18.4 Å². The molecule has 0 spiro atoms. The van der Waals surface area contributed by atoms with Gasteiger partial charge in [-0.15, -0.1) is 0 Å². The Labute approximate surface area is 312 Å². The SMILES string of the molecule is CN1C(=O)[C@H](CC(N)=O)NC(=O)[C@@H](Cc2ccc(O)cc2)NC(=O)[C@@H]2CCCN2C(=O)[C@H](Cc2ccc3ccccc3c2)NC(=O)[C@@H]1CCCN=C(N)N. The molecule has 10 N–H and O–H groups in total. The van der Waals surface area contributed by atoms with E-state index in [4.69, 9.17) is 17.2 Å². The molecule has 0 aromatic heterocycles. The van der Waals surface area contributed by atoms with Gasteiger partial charge < -0.3 is 48.1 Å². The van der Waals surface area contributed by atoms with Gasteiger partial charge in [-0.3, -0.25) is 33.8 Å². The van der Waals surface area contributed by atoms with E-state index < -0.39 is 72.1 Å².